The van der Waals surface area contributed by atoms with Crippen LogP contribution in [-0.2, 0) is 4.79 Å². The van der Waals surface area contributed by atoms with Gasteiger partial charge in [-0.15, -0.1) is 0 Å². The van der Waals surface area contributed by atoms with Gasteiger partial charge in [0.15, 0.2) is 0 Å². The number of carbonyl (C=O) groups excluding carboxylic acids is 2. The topological polar surface area (TPSA) is 115 Å². The van der Waals surface area contributed by atoms with Crippen LogP contribution in [0.4, 0.5) is 4.39 Å². The number of nitrogens with zero attached hydrogens (tertiary/aromatic N) is 3. The summed E-state index contributed by atoms with van der Waals surface area (Å²) in [6.45, 7) is 9.87. The van der Waals surface area contributed by atoms with Crippen molar-refractivity contribution >= 4 is 23.1 Å². The Morgan fingerprint density at radius 2 is 1.81 bits per heavy atom. The maximum Gasteiger partial charge on any atom is 0.272 e. The standard InChI is InChI=1S/C27H34FN5O3/c1-25(2)16-32(24(35)26(3,4)36)12-13-33(25)23(34)21-15-30-22(31-21)19(27(5)10-11-27)14-20(29)17-6-8-18(28)9-7-17/h6-9,14-15,29,36H,10-13,16H2,1-5H3,(H,30,31)/p+1/b19-14+,29-20?. The summed E-state index contributed by atoms with van der Waals surface area (Å²) in [5.41, 5.74) is 0.264. The molecule has 0 atom stereocenters. The van der Waals surface area contributed by atoms with Crippen LogP contribution in [0.15, 0.2) is 36.5 Å². The quantitative estimate of drug-likeness (QED) is 0.529. The average Bonchev–Trinajstić information content (AvgIpc) is 3.35. The molecule has 0 unspecified atom stereocenters. The molecule has 2 aromatic rings. The Hall–Kier alpha value is -3.33. The molecule has 4 N–H and O–H groups in total. The average molecular weight is 497 g/mol. The molecule has 0 radical (unpaired) electrons. The van der Waals surface area contributed by atoms with Gasteiger partial charge in [-0.25, -0.2) is 9.37 Å². The summed E-state index contributed by atoms with van der Waals surface area (Å²) in [5.74, 6) is -0.303. The first kappa shape index (κ1) is 25.8. The molecule has 9 heteroatoms. The molecule has 0 bridgehead atoms. The van der Waals surface area contributed by atoms with Gasteiger partial charge in [-0.2, -0.15) is 0 Å². The number of aromatic amines is 1. The van der Waals surface area contributed by atoms with Crippen LogP contribution in [-0.4, -0.2) is 73.2 Å². The number of nitrogens with two attached hydrogens (primary N) is 1. The lowest BCUT2D eigenvalue weighted by molar-refractivity contribution is -0.152. The van der Waals surface area contributed by atoms with E-state index >= 15 is 0 Å². The minimum Gasteiger partial charge on any atom is -0.381 e. The molecule has 1 aromatic heterocycles. The van der Waals surface area contributed by atoms with E-state index in [1.54, 1.807) is 21.9 Å². The maximum atomic E-state index is 13.5. The molecule has 2 heterocycles. The number of H-pyrrole nitrogens is 1. The van der Waals surface area contributed by atoms with Crippen molar-refractivity contribution in [1.29, 1.82) is 0 Å². The Labute approximate surface area is 210 Å². The van der Waals surface area contributed by atoms with E-state index in [9.17, 15) is 19.1 Å². The minimum absolute atomic E-state index is 0.106. The second-order valence-electron chi connectivity index (χ2n) is 11.3. The summed E-state index contributed by atoms with van der Waals surface area (Å²) in [4.78, 5) is 37.1. The molecule has 1 aromatic carbocycles. The Morgan fingerprint density at radius 3 is 2.36 bits per heavy atom. The third-order valence-electron chi connectivity index (χ3n) is 7.15. The SMILES string of the molecule is CC(C)(O)C(=O)N1CCN(C(=O)c2cnc(/C(=C\C(=[NH2+])c3ccc(F)cc3)C3(C)CC3)[nH]2)C(C)(C)C1. The van der Waals surface area contributed by atoms with E-state index in [2.05, 4.69) is 16.9 Å². The molecule has 36 heavy (non-hydrogen) atoms. The number of hydrogen-bond acceptors (Lipinski definition) is 4. The fourth-order valence-electron chi connectivity index (χ4n) is 4.67. The molecule has 0 spiro atoms. The minimum atomic E-state index is -1.46. The summed E-state index contributed by atoms with van der Waals surface area (Å²) in [6, 6.07) is 6.01. The van der Waals surface area contributed by atoms with Crippen LogP contribution >= 0.6 is 0 Å². The normalized spacial score (nSPS) is 19.2. The van der Waals surface area contributed by atoms with E-state index in [1.807, 2.05) is 19.9 Å². The number of benzene rings is 1. The van der Waals surface area contributed by atoms with Crippen molar-refractivity contribution in [3.8, 4) is 0 Å². The van der Waals surface area contributed by atoms with Gasteiger partial charge in [-0.3, -0.25) is 15.0 Å². The van der Waals surface area contributed by atoms with Crippen LogP contribution in [0.1, 0.15) is 69.3 Å². The van der Waals surface area contributed by atoms with Gasteiger partial charge in [0.25, 0.3) is 11.8 Å². The molecule has 1 saturated heterocycles. The van der Waals surface area contributed by atoms with Crippen molar-refractivity contribution in [3.05, 3.63) is 59.4 Å². The van der Waals surface area contributed by atoms with Gasteiger partial charge in [-0.05, 0) is 70.2 Å². The number of allylic oxidation sites excluding steroid dienone is 2. The summed E-state index contributed by atoms with van der Waals surface area (Å²) in [7, 11) is 0. The third-order valence-corrected chi connectivity index (χ3v) is 7.15. The van der Waals surface area contributed by atoms with Crippen LogP contribution in [0.5, 0.6) is 0 Å². The van der Waals surface area contributed by atoms with Crippen molar-refractivity contribution in [1.82, 2.24) is 19.8 Å². The fourth-order valence-corrected chi connectivity index (χ4v) is 4.67. The van der Waals surface area contributed by atoms with Crippen molar-refractivity contribution in [2.45, 2.75) is 58.6 Å². The zero-order valence-electron chi connectivity index (χ0n) is 21.6. The van der Waals surface area contributed by atoms with Crippen molar-refractivity contribution in [2.24, 2.45) is 5.41 Å². The molecule has 2 aliphatic rings. The van der Waals surface area contributed by atoms with Gasteiger partial charge >= 0.3 is 0 Å². The van der Waals surface area contributed by atoms with Crippen LogP contribution in [0.3, 0.4) is 0 Å². The summed E-state index contributed by atoms with van der Waals surface area (Å²) < 4.78 is 13.3. The molecular weight excluding hydrogens is 461 g/mol. The Morgan fingerprint density at radius 1 is 1.17 bits per heavy atom. The third kappa shape index (κ3) is 5.11. The van der Waals surface area contributed by atoms with Crippen LogP contribution < -0.4 is 5.41 Å². The first-order chi connectivity index (χ1) is 16.7. The molecule has 4 rings (SSSR count). The second-order valence-corrected chi connectivity index (χ2v) is 11.3. The van der Waals surface area contributed by atoms with Gasteiger partial charge in [0.05, 0.1) is 11.7 Å². The van der Waals surface area contributed by atoms with Gasteiger partial charge in [-0.1, -0.05) is 6.92 Å². The Kier molecular flexibility index (Phi) is 6.41. The van der Waals surface area contributed by atoms with Crippen molar-refractivity contribution in [2.75, 3.05) is 19.6 Å². The van der Waals surface area contributed by atoms with Crippen LogP contribution in [0.25, 0.3) is 5.57 Å². The highest BCUT2D eigenvalue weighted by Gasteiger charge is 2.44. The molecule has 192 valence electrons. The predicted octanol–water partition coefficient (Wildman–Crippen LogP) is 1.81. The Bertz CT molecular complexity index is 1220. The first-order valence-electron chi connectivity index (χ1n) is 12.2. The fraction of sp³-hybridized carbons (Fsp3) is 0.481. The highest BCUT2D eigenvalue weighted by Crippen LogP contribution is 2.54. The summed E-state index contributed by atoms with van der Waals surface area (Å²) in [5, 5.41) is 16.5. The smallest absolute Gasteiger partial charge is 0.272 e. The lowest BCUT2D eigenvalue weighted by Crippen LogP contribution is -2.64. The van der Waals surface area contributed by atoms with E-state index in [-0.39, 0.29) is 23.0 Å². The molecule has 1 aliphatic heterocycles. The number of aliphatic hydroxyl groups is 1. The van der Waals surface area contributed by atoms with E-state index in [0.29, 0.717) is 42.4 Å². The number of amides is 2. The predicted molar refractivity (Wildman–Crippen MR) is 134 cm³/mol. The van der Waals surface area contributed by atoms with E-state index in [1.165, 1.54) is 32.2 Å². The highest BCUT2D eigenvalue weighted by molar-refractivity contribution is 6.08. The summed E-state index contributed by atoms with van der Waals surface area (Å²) >= 11 is 0. The zero-order valence-corrected chi connectivity index (χ0v) is 21.6. The maximum absolute atomic E-state index is 13.5. The number of aromatic nitrogens is 2. The lowest BCUT2D eigenvalue weighted by Gasteiger charge is -2.47. The van der Waals surface area contributed by atoms with Gasteiger partial charge in [0.2, 0.25) is 5.71 Å². The highest BCUT2D eigenvalue weighted by atomic mass is 19.1. The van der Waals surface area contributed by atoms with E-state index in [0.717, 1.165) is 18.4 Å². The largest absolute Gasteiger partial charge is 0.381 e. The van der Waals surface area contributed by atoms with Crippen molar-refractivity contribution < 1.29 is 24.5 Å². The van der Waals surface area contributed by atoms with Gasteiger partial charge in [0.1, 0.15) is 22.9 Å². The number of piperazine rings is 1. The molecule has 1 saturated carbocycles. The van der Waals surface area contributed by atoms with E-state index in [4.69, 9.17) is 5.41 Å². The molecule has 2 fully saturated rings. The number of halogens is 1. The zero-order chi connectivity index (χ0) is 26.5. The lowest BCUT2D eigenvalue weighted by atomic mass is 9.94. The summed E-state index contributed by atoms with van der Waals surface area (Å²) in [6.07, 6.45) is 5.35. The first-order valence-corrected chi connectivity index (χ1v) is 12.2. The van der Waals surface area contributed by atoms with E-state index < -0.39 is 11.1 Å². The molecule has 8 nitrogen and oxygen atoms in total. The number of nitrogens with one attached hydrogen (secondary N) is 1. The number of rotatable bonds is 6. The van der Waals surface area contributed by atoms with Gasteiger partial charge in [0, 0.05) is 36.8 Å². The molecule has 2 amide bonds. The number of hydrogen-bond donors (Lipinski definition) is 3. The number of imidazole rings is 1. The van der Waals surface area contributed by atoms with Crippen LogP contribution in [0.2, 0.25) is 0 Å². The van der Waals surface area contributed by atoms with Crippen LogP contribution in [0, 0.1) is 11.2 Å². The van der Waals surface area contributed by atoms with Gasteiger partial charge < -0.3 is 19.9 Å². The van der Waals surface area contributed by atoms with Crippen molar-refractivity contribution in [3.63, 3.8) is 0 Å². The second kappa shape index (κ2) is 8.96. The molecule has 1 aliphatic carbocycles. The monoisotopic (exact) mass is 496 g/mol. The number of carbonyl (C=O) groups is 2. The Balaban J connectivity index is 1.55. The molecular formula is C27H35FN5O3+.